The lowest BCUT2D eigenvalue weighted by molar-refractivity contribution is 0.424. The van der Waals surface area contributed by atoms with Crippen molar-refractivity contribution >= 4 is 22.6 Å². The van der Waals surface area contributed by atoms with Crippen LogP contribution in [0, 0.1) is 0 Å². The number of benzene rings is 1. The summed E-state index contributed by atoms with van der Waals surface area (Å²) >= 11 is 2.15. The Labute approximate surface area is 122 Å². The van der Waals surface area contributed by atoms with E-state index in [-0.39, 0.29) is 5.41 Å². The summed E-state index contributed by atoms with van der Waals surface area (Å²) in [6, 6.07) is 8.78. The van der Waals surface area contributed by atoms with Gasteiger partial charge in [0.25, 0.3) is 0 Å². The molecule has 0 unspecified atom stereocenters. The summed E-state index contributed by atoms with van der Waals surface area (Å²) in [4.78, 5) is 9.43. The van der Waals surface area contributed by atoms with Gasteiger partial charge in [0.15, 0.2) is 0 Å². The zero-order chi connectivity index (χ0) is 13.0. The second kappa shape index (κ2) is 5.87. The highest BCUT2D eigenvalue weighted by atomic mass is 127. The van der Waals surface area contributed by atoms with E-state index >= 15 is 0 Å². The number of aromatic amines is 1. The van der Waals surface area contributed by atoms with Crippen LogP contribution in [0.4, 0.5) is 0 Å². The number of aromatic nitrogens is 2. The van der Waals surface area contributed by atoms with Crippen LogP contribution in [-0.4, -0.2) is 14.9 Å². The Morgan fingerprint density at radius 2 is 1.83 bits per heavy atom. The molecule has 1 aromatic heterocycles. The van der Waals surface area contributed by atoms with Gasteiger partial charge >= 0.3 is 0 Å². The molecule has 0 atom stereocenters. The lowest BCUT2D eigenvalue weighted by Crippen LogP contribution is -2.26. The summed E-state index contributed by atoms with van der Waals surface area (Å²) in [5, 5.41) is 0. The van der Waals surface area contributed by atoms with Crippen molar-refractivity contribution in [3.63, 3.8) is 0 Å². The summed E-state index contributed by atoms with van der Waals surface area (Å²) in [5.41, 5.74) is 4.53. The van der Waals surface area contributed by atoms with E-state index in [0.29, 0.717) is 0 Å². The smallest absolute Gasteiger partial charge is 0.0921 e. The highest BCUT2D eigenvalue weighted by Gasteiger charge is 2.38. The van der Waals surface area contributed by atoms with E-state index in [0.717, 1.165) is 19.3 Å². The molecule has 0 bridgehead atoms. The summed E-state index contributed by atoms with van der Waals surface area (Å²) in [6.07, 6.45) is 7.21. The molecular weight excluding hydrogens is 335 g/mol. The fourth-order valence-corrected chi connectivity index (χ4v) is 2.87. The number of halogens is 1. The Hall–Kier alpha value is -0.840. The second-order valence-electron chi connectivity index (χ2n) is 4.72. The highest BCUT2D eigenvalue weighted by molar-refractivity contribution is 14.1. The molecule has 1 aromatic carbocycles. The lowest BCUT2D eigenvalue weighted by atomic mass is 9.79. The molecule has 18 heavy (non-hydrogen) atoms. The van der Waals surface area contributed by atoms with Crippen LogP contribution in [0.25, 0.3) is 0 Å². The summed E-state index contributed by atoms with van der Waals surface area (Å²) in [6.45, 7) is 2.27. The Kier molecular flexibility index (Phi) is 4.43. The first-order valence-corrected chi connectivity index (χ1v) is 8.43. The van der Waals surface area contributed by atoms with Gasteiger partial charge in [-0.2, -0.15) is 0 Å². The number of hydrogen-bond acceptors (Lipinski definition) is 1. The fraction of sp³-hybridized carbons (Fsp3) is 0.400. The van der Waals surface area contributed by atoms with Crippen LogP contribution in [0.15, 0.2) is 36.8 Å². The Morgan fingerprint density at radius 3 is 2.28 bits per heavy atom. The van der Waals surface area contributed by atoms with Gasteiger partial charge in [-0.05, 0) is 35.3 Å². The molecule has 1 aliphatic rings. The Morgan fingerprint density at radius 1 is 1.22 bits per heavy atom. The summed E-state index contributed by atoms with van der Waals surface area (Å²) < 4.78 is 0. The van der Waals surface area contributed by atoms with Crippen molar-refractivity contribution in [1.82, 2.24) is 9.97 Å². The molecule has 0 aliphatic heterocycles. The Bertz CT molecular complexity index is 466. The minimum Gasteiger partial charge on any atom is -0.348 e. The van der Waals surface area contributed by atoms with E-state index in [1.54, 1.807) is 6.33 Å². The Balaban J connectivity index is 0.000000574. The van der Waals surface area contributed by atoms with Crippen molar-refractivity contribution in [2.45, 2.75) is 31.6 Å². The molecule has 2 aromatic rings. The van der Waals surface area contributed by atoms with Crippen LogP contribution in [0.3, 0.4) is 0 Å². The molecule has 96 valence electrons. The summed E-state index contributed by atoms with van der Waals surface area (Å²) in [5.74, 6) is 0. The molecule has 0 amide bonds. The van der Waals surface area contributed by atoms with Gasteiger partial charge in [-0.3, -0.25) is 0 Å². The van der Waals surface area contributed by atoms with Gasteiger partial charge in [0.2, 0.25) is 0 Å². The molecule has 1 aliphatic carbocycles. The first kappa shape index (κ1) is 13.6. The van der Waals surface area contributed by atoms with Crippen LogP contribution in [0.1, 0.15) is 30.2 Å². The molecule has 0 radical (unpaired) electrons. The quantitative estimate of drug-likeness (QED) is 0.643. The van der Waals surface area contributed by atoms with Crippen LogP contribution >= 0.6 is 22.6 Å². The topological polar surface area (TPSA) is 28.7 Å². The van der Waals surface area contributed by atoms with Crippen LogP contribution in [0.2, 0.25) is 0 Å². The number of nitrogens with one attached hydrogen (secondary N) is 1. The SMILES string of the molecule is CCC1(c2cnc[nH]2)Cc2ccccc2C1.CI. The zero-order valence-corrected chi connectivity index (χ0v) is 13.1. The predicted molar refractivity (Wildman–Crippen MR) is 84.4 cm³/mol. The first-order chi connectivity index (χ1) is 8.84. The number of hydrogen-bond donors (Lipinski definition) is 1. The standard InChI is InChI=1S/C14H16N2.CH3I/c1-2-14(13-9-15-10-16-13)7-11-5-3-4-6-12(11)8-14;1-2/h3-6,9-10H,2,7-8H2,1H3,(H,15,16);1H3. The molecule has 0 spiro atoms. The van der Waals surface area contributed by atoms with E-state index in [1.165, 1.54) is 16.8 Å². The van der Waals surface area contributed by atoms with Crippen LogP contribution < -0.4 is 0 Å². The lowest BCUT2D eigenvalue weighted by Gasteiger charge is -2.25. The van der Waals surface area contributed by atoms with Crippen LogP contribution in [0.5, 0.6) is 0 Å². The fourth-order valence-electron chi connectivity index (χ4n) is 2.87. The van der Waals surface area contributed by atoms with Crippen molar-refractivity contribution in [2.24, 2.45) is 0 Å². The van der Waals surface area contributed by atoms with E-state index in [2.05, 4.69) is 63.7 Å². The first-order valence-electron chi connectivity index (χ1n) is 6.27. The van der Waals surface area contributed by atoms with E-state index in [4.69, 9.17) is 0 Å². The largest absolute Gasteiger partial charge is 0.348 e. The third-order valence-corrected chi connectivity index (χ3v) is 3.92. The van der Waals surface area contributed by atoms with Crippen molar-refractivity contribution in [3.05, 3.63) is 53.6 Å². The van der Waals surface area contributed by atoms with Crippen molar-refractivity contribution < 1.29 is 0 Å². The monoisotopic (exact) mass is 354 g/mol. The highest BCUT2D eigenvalue weighted by Crippen LogP contribution is 2.41. The third kappa shape index (κ3) is 2.32. The predicted octanol–water partition coefficient (Wildman–Crippen LogP) is 3.91. The molecule has 1 N–H and O–H groups in total. The normalized spacial score (nSPS) is 15.7. The van der Waals surface area contributed by atoms with Gasteiger partial charge in [0.1, 0.15) is 0 Å². The number of rotatable bonds is 2. The molecule has 0 saturated carbocycles. The number of fused-ring (bicyclic) bond motifs is 1. The van der Waals surface area contributed by atoms with Crippen LogP contribution in [-0.2, 0) is 18.3 Å². The van der Waals surface area contributed by atoms with Gasteiger partial charge in [0.05, 0.1) is 6.33 Å². The number of H-pyrrole nitrogens is 1. The maximum absolute atomic E-state index is 4.17. The maximum atomic E-state index is 4.17. The summed E-state index contributed by atoms with van der Waals surface area (Å²) in [7, 11) is 0. The van der Waals surface area contributed by atoms with Gasteiger partial charge < -0.3 is 4.98 Å². The van der Waals surface area contributed by atoms with Gasteiger partial charge in [-0.25, -0.2) is 4.98 Å². The molecule has 3 rings (SSSR count). The number of imidazole rings is 1. The average molecular weight is 354 g/mol. The van der Waals surface area contributed by atoms with Crippen molar-refractivity contribution in [2.75, 3.05) is 4.93 Å². The number of nitrogens with zero attached hydrogens (tertiary/aromatic N) is 1. The molecule has 3 heteroatoms. The van der Waals surface area contributed by atoms with E-state index in [9.17, 15) is 0 Å². The van der Waals surface area contributed by atoms with Gasteiger partial charge in [0, 0.05) is 17.3 Å². The molecular formula is C15H19IN2. The average Bonchev–Trinajstić information content (AvgIpc) is 3.08. The van der Waals surface area contributed by atoms with E-state index < -0.39 is 0 Å². The minimum absolute atomic E-state index is 0.250. The third-order valence-electron chi connectivity index (χ3n) is 3.92. The van der Waals surface area contributed by atoms with E-state index in [1.807, 2.05) is 11.1 Å². The molecule has 2 nitrogen and oxygen atoms in total. The minimum atomic E-state index is 0.250. The molecule has 0 fully saturated rings. The van der Waals surface area contributed by atoms with Crippen molar-refractivity contribution in [1.29, 1.82) is 0 Å². The maximum Gasteiger partial charge on any atom is 0.0921 e. The van der Waals surface area contributed by atoms with Gasteiger partial charge in [-0.1, -0.05) is 53.8 Å². The molecule has 1 heterocycles. The molecule has 0 saturated heterocycles. The zero-order valence-electron chi connectivity index (χ0n) is 10.9. The second-order valence-corrected chi connectivity index (χ2v) is 4.72. The van der Waals surface area contributed by atoms with Gasteiger partial charge in [-0.15, -0.1) is 0 Å². The number of alkyl halides is 1. The van der Waals surface area contributed by atoms with Crippen molar-refractivity contribution in [3.8, 4) is 0 Å².